The van der Waals surface area contributed by atoms with Gasteiger partial charge in [-0.05, 0) is 35.6 Å². The summed E-state index contributed by atoms with van der Waals surface area (Å²) in [5.41, 5.74) is 0.833. The molecule has 2 aromatic rings. The van der Waals surface area contributed by atoms with E-state index < -0.39 is 11.9 Å². The van der Waals surface area contributed by atoms with Crippen LogP contribution in [-0.2, 0) is 0 Å². The Balaban J connectivity index is 2.62. The van der Waals surface area contributed by atoms with Crippen molar-refractivity contribution in [2.75, 3.05) is 0 Å². The third-order valence-corrected chi connectivity index (χ3v) is 2.81. The van der Waals surface area contributed by atoms with Crippen LogP contribution < -0.4 is 0 Å². The third kappa shape index (κ3) is 2.10. The number of hydrogen-bond acceptors (Lipinski definition) is 2. The summed E-state index contributed by atoms with van der Waals surface area (Å²) in [4.78, 5) is 0. The maximum absolute atomic E-state index is 13.7. The summed E-state index contributed by atoms with van der Waals surface area (Å²) >= 11 is 2.10. The van der Waals surface area contributed by atoms with E-state index in [0.29, 0.717) is 11.3 Å². The molecule has 2 rings (SSSR count). The summed E-state index contributed by atoms with van der Waals surface area (Å²) in [6.07, 6.45) is 2.62. The Morgan fingerprint density at radius 3 is 2.81 bits per heavy atom. The molecule has 5 heteroatoms. The van der Waals surface area contributed by atoms with Crippen molar-refractivity contribution >= 4 is 22.6 Å². The Kier molecular flexibility index (Phi) is 3.25. The van der Waals surface area contributed by atoms with E-state index >= 15 is 0 Å². The smallest absolute Gasteiger partial charge is 0.149 e. The van der Waals surface area contributed by atoms with Gasteiger partial charge in [-0.15, -0.1) is 0 Å². The number of hydrogen-bond donors (Lipinski definition) is 1. The van der Waals surface area contributed by atoms with Gasteiger partial charge in [-0.1, -0.05) is 12.1 Å². The van der Waals surface area contributed by atoms with Crippen LogP contribution in [0.3, 0.4) is 0 Å². The topological polar surface area (TPSA) is 38.0 Å². The fraction of sp³-hybridized carbons (Fsp3) is 0.182. The molecule has 0 aliphatic carbocycles. The number of aliphatic hydroxyl groups excluding tert-OH is 1. The molecule has 1 heterocycles. The number of nitrogens with zero attached hydrogens (tertiary/aromatic N) is 2. The molecule has 16 heavy (non-hydrogen) atoms. The predicted molar refractivity (Wildman–Crippen MR) is 66.9 cm³/mol. The summed E-state index contributed by atoms with van der Waals surface area (Å²) in [6, 6.07) is 4.63. The molecule has 84 valence electrons. The number of rotatable bonds is 2. The van der Waals surface area contributed by atoms with Gasteiger partial charge in [0, 0.05) is 11.8 Å². The second-order valence-corrected chi connectivity index (χ2v) is 4.70. The predicted octanol–water partition coefficient (Wildman–Crippen LogP) is 2.67. The Bertz CT molecular complexity index is 510. The van der Waals surface area contributed by atoms with Crippen molar-refractivity contribution in [3.05, 3.63) is 45.5 Å². The van der Waals surface area contributed by atoms with Gasteiger partial charge in [0.15, 0.2) is 0 Å². The van der Waals surface area contributed by atoms with Crippen molar-refractivity contribution in [3.8, 4) is 5.69 Å². The van der Waals surface area contributed by atoms with E-state index in [4.69, 9.17) is 0 Å². The van der Waals surface area contributed by atoms with Crippen molar-refractivity contribution in [1.29, 1.82) is 0 Å². The number of aromatic nitrogens is 2. The van der Waals surface area contributed by atoms with Crippen LogP contribution in [-0.4, -0.2) is 14.9 Å². The van der Waals surface area contributed by atoms with Gasteiger partial charge in [0.2, 0.25) is 0 Å². The van der Waals surface area contributed by atoms with Gasteiger partial charge in [-0.3, -0.25) is 0 Å². The minimum Gasteiger partial charge on any atom is -0.389 e. The molecule has 0 unspecified atom stereocenters. The highest BCUT2D eigenvalue weighted by Crippen LogP contribution is 2.24. The lowest BCUT2D eigenvalue weighted by Crippen LogP contribution is -2.05. The van der Waals surface area contributed by atoms with E-state index in [1.165, 1.54) is 10.7 Å². The van der Waals surface area contributed by atoms with E-state index in [2.05, 4.69) is 27.7 Å². The summed E-state index contributed by atoms with van der Waals surface area (Å²) in [7, 11) is 0. The summed E-state index contributed by atoms with van der Waals surface area (Å²) < 4.78 is 16.1. The molecule has 0 radical (unpaired) electrons. The van der Waals surface area contributed by atoms with E-state index in [0.717, 1.165) is 3.57 Å². The Morgan fingerprint density at radius 1 is 1.50 bits per heavy atom. The molecule has 1 aromatic carbocycles. The first-order chi connectivity index (χ1) is 7.59. The first-order valence-corrected chi connectivity index (χ1v) is 5.84. The fourth-order valence-electron chi connectivity index (χ4n) is 1.53. The largest absolute Gasteiger partial charge is 0.389 e. The molecular formula is C11H10FIN2O. The van der Waals surface area contributed by atoms with Crippen molar-refractivity contribution in [3.63, 3.8) is 0 Å². The van der Waals surface area contributed by atoms with Gasteiger partial charge in [0.25, 0.3) is 0 Å². The summed E-state index contributed by atoms with van der Waals surface area (Å²) in [5.74, 6) is -0.391. The average molecular weight is 332 g/mol. The first kappa shape index (κ1) is 11.5. The Hall–Kier alpha value is -0.950. The van der Waals surface area contributed by atoms with Gasteiger partial charge >= 0.3 is 0 Å². The molecule has 0 fully saturated rings. The van der Waals surface area contributed by atoms with Crippen LogP contribution in [0.2, 0.25) is 0 Å². The Morgan fingerprint density at radius 2 is 2.25 bits per heavy atom. The van der Waals surface area contributed by atoms with Crippen LogP contribution in [0, 0.1) is 9.39 Å². The van der Waals surface area contributed by atoms with E-state index in [9.17, 15) is 9.50 Å². The van der Waals surface area contributed by atoms with E-state index in [1.54, 1.807) is 31.5 Å². The number of halogens is 2. The van der Waals surface area contributed by atoms with Crippen molar-refractivity contribution in [2.24, 2.45) is 0 Å². The van der Waals surface area contributed by atoms with Gasteiger partial charge < -0.3 is 5.11 Å². The monoisotopic (exact) mass is 332 g/mol. The van der Waals surface area contributed by atoms with Crippen LogP contribution in [0.5, 0.6) is 0 Å². The summed E-state index contributed by atoms with van der Waals surface area (Å²) in [6.45, 7) is 1.60. The molecule has 3 nitrogen and oxygen atoms in total. The SMILES string of the molecule is C[C@H](O)c1cccc(F)c1-n1cc(I)cn1. The molecule has 0 aliphatic heterocycles. The highest BCUT2D eigenvalue weighted by atomic mass is 127. The second kappa shape index (κ2) is 4.50. The van der Waals surface area contributed by atoms with Crippen molar-refractivity contribution in [1.82, 2.24) is 9.78 Å². The zero-order valence-corrected chi connectivity index (χ0v) is 10.7. The molecule has 0 bridgehead atoms. The summed E-state index contributed by atoms with van der Waals surface area (Å²) in [5, 5.41) is 13.6. The molecule has 1 aromatic heterocycles. The molecule has 0 saturated heterocycles. The van der Waals surface area contributed by atoms with E-state index in [-0.39, 0.29) is 0 Å². The van der Waals surface area contributed by atoms with Crippen molar-refractivity contribution < 1.29 is 9.50 Å². The quantitative estimate of drug-likeness (QED) is 0.859. The molecular weight excluding hydrogens is 322 g/mol. The molecule has 0 saturated carbocycles. The lowest BCUT2D eigenvalue weighted by Gasteiger charge is -2.12. The molecule has 1 atom stereocenters. The maximum Gasteiger partial charge on any atom is 0.149 e. The van der Waals surface area contributed by atoms with Crippen LogP contribution >= 0.6 is 22.6 Å². The minimum absolute atomic E-state index is 0.306. The van der Waals surface area contributed by atoms with Gasteiger partial charge in [-0.25, -0.2) is 9.07 Å². The normalized spacial score (nSPS) is 12.8. The lowest BCUT2D eigenvalue weighted by atomic mass is 10.1. The zero-order chi connectivity index (χ0) is 11.7. The number of aliphatic hydroxyl groups is 1. The zero-order valence-electron chi connectivity index (χ0n) is 8.56. The molecule has 0 spiro atoms. The number of para-hydroxylation sites is 1. The lowest BCUT2D eigenvalue weighted by molar-refractivity contribution is 0.198. The van der Waals surface area contributed by atoms with Crippen molar-refractivity contribution in [2.45, 2.75) is 13.0 Å². The third-order valence-electron chi connectivity index (χ3n) is 2.25. The second-order valence-electron chi connectivity index (χ2n) is 3.46. The average Bonchev–Trinajstić information content (AvgIpc) is 2.64. The van der Waals surface area contributed by atoms with Crippen LogP contribution in [0.25, 0.3) is 5.69 Å². The molecule has 0 aliphatic rings. The van der Waals surface area contributed by atoms with Gasteiger partial charge in [0.1, 0.15) is 11.5 Å². The maximum atomic E-state index is 13.7. The van der Waals surface area contributed by atoms with Gasteiger partial charge in [0.05, 0.1) is 15.9 Å². The standard InChI is InChI=1S/C11H10FIN2O/c1-7(16)9-3-2-4-10(12)11(9)15-6-8(13)5-14-15/h2-7,16H,1H3/t7-/m0/s1. The highest BCUT2D eigenvalue weighted by Gasteiger charge is 2.14. The molecule has 1 N–H and O–H groups in total. The minimum atomic E-state index is -0.729. The first-order valence-electron chi connectivity index (χ1n) is 4.76. The molecule has 0 amide bonds. The van der Waals surface area contributed by atoms with E-state index in [1.807, 2.05) is 0 Å². The fourth-order valence-corrected chi connectivity index (χ4v) is 1.92. The van der Waals surface area contributed by atoms with Crippen LogP contribution in [0.15, 0.2) is 30.6 Å². The van der Waals surface area contributed by atoms with Crippen LogP contribution in [0.4, 0.5) is 4.39 Å². The number of benzene rings is 1. The Labute approximate surface area is 106 Å². The van der Waals surface area contributed by atoms with Gasteiger partial charge in [-0.2, -0.15) is 5.10 Å². The van der Waals surface area contributed by atoms with Crippen LogP contribution in [0.1, 0.15) is 18.6 Å². The highest BCUT2D eigenvalue weighted by molar-refractivity contribution is 14.1.